The van der Waals surface area contributed by atoms with Crippen LogP contribution < -0.4 is 4.90 Å². The molecule has 0 aliphatic carbocycles. The van der Waals surface area contributed by atoms with Crippen LogP contribution in [0.3, 0.4) is 0 Å². The predicted octanol–water partition coefficient (Wildman–Crippen LogP) is 1.59. The maximum Gasteiger partial charge on any atom is 0.305 e. The zero-order valence-corrected chi connectivity index (χ0v) is 13.6. The molecule has 1 saturated heterocycles. The number of ether oxygens (including phenoxy) is 1. The summed E-state index contributed by atoms with van der Waals surface area (Å²) in [5.41, 5.74) is 0.983. The van der Waals surface area contributed by atoms with Crippen molar-refractivity contribution in [3.05, 3.63) is 34.4 Å². The highest BCUT2D eigenvalue weighted by Crippen LogP contribution is 2.20. The number of amides is 1. The fraction of sp³-hybridized carbons (Fsp3) is 0.500. The first-order chi connectivity index (χ1) is 11.5. The second-order valence-corrected chi connectivity index (χ2v) is 5.57. The maximum atomic E-state index is 12.1. The normalized spacial score (nSPS) is 14.4. The molecular weight excluding hydrogens is 314 g/mol. The van der Waals surface area contributed by atoms with Gasteiger partial charge in [0.2, 0.25) is 5.91 Å². The van der Waals surface area contributed by atoms with E-state index in [0.29, 0.717) is 39.0 Å². The highest BCUT2D eigenvalue weighted by molar-refractivity contribution is 5.77. The lowest BCUT2D eigenvalue weighted by Crippen LogP contribution is -2.48. The van der Waals surface area contributed by atoms with Crippen molar-refractivity contribution in [2.45, 2.75) is 19.3 Å². The largest absolute Gasteiger partial charge is 0.469 e. The number of nitro groups is 1. The fourth-order valence-corrected chi connectivity index (χ4v) is 2.64. The standard InChI is InChI=1S/C16H21N3O5/c1-24-16(21)4-2-3-15(20)18-11-9-17(10-12-18)13-5-7-14(8-6-13)19(22)23/h5-8H,2-4,9-12H2,1H3. The van der Waals surface area contributed by atoms with Crippen LogP contribution in [0, 0.1) is 10.1 Å². The van der Waals surface area contributed by atoms with Gasteiger partial charge < -0.3 is 14.5 Å². The van der Waals surface area contributed by atoms with E-state index in [4.69, 9.17) is 0 Å². The summed E-state index contributed by atoms with van der Waals surface area (Å²) < 4.78 is 4.55. The molecular formula is C16H21N3O5. The molecule has 24 heavy (non-hydrogen) atoms. The Kier molecular flexibility index (Phi) is 6.11. The second kappa shape index (κ2) is 8.28. The summed E-state index contributed by atoms with van der Waals surface area (Å²) in [6.45, 7) is 2.57. The molecule has 0 saturated carbocycles. The van der Waals surface area contributed by atoms with Gasteiger partial charge in [-0.3, -0.25) is 19.7 Å². The Bertz CT molecular complexity index is 594. The molecule has 0 radical (unpaired) electrons. The van der Waals surface area contributed by atoms with Crippen molar-refractivity contribution < 1.29 is 19.2 Å². The zero-order chi connectivity index (χ0) is 17.5. The summed E-state index contributed by atoms with van der Waals surface area (Å²) in [5.74, 6) is -0.256. The lowest BCUT2D eigenvalue weighted by atomic mass is 10.2. The Morgan fingerprint density at radius 2 is 1.75 bits per heavy atom. The number of methoxy groups -OCH3 is 1. The molecule has 8 nitrogen and oxygen atoms in total. The topological polar surface area (TPSA) is 93.0 Å². The number of rotatable bonds is 6. The Morgan fingerprint density at radius 1 is 1.12 bits per heavy atom. The van der Waals surface area contributed by atoms with Crippen LogP contribution in [0.25, 0.3) is 0 Å². The van der Waals surface area contributed by atoms with Gasteiger partial charge in [-0.2, -0.15) is 0 Å². The van der Waals surface area contributed by atoms with E-state index in [0.717, 1.165) is 5.69 Å². The van der Waals surface area contributed by atoms with Crippen LogP contribution in [0.4, 0.5) is 11.4 Å². The third-order valence-electron chi connectivity index (χ3n) is 4.06. The fourth-order valence-electron chi connectivity index (χ4n) is 2.64. The summed E-state index contributed by atoms with van der Waals surface area (Å²) in [4.78, 5) is 37.3. The van der Waals surface area contributed by atoms with Crippen molar-refractivity contribution in [3.63, 3.8) is 0 Å². The van der Waals surface area contributed by atoms with E-state index < -0.39 is 4.92 Å². The van der Waals surface area contributed by atoms with E-state index in [1.54, 1.807) is 17.0 Å². The van der Waals surface area contributed by atoms with Gasteiger partial charge in [0, 0.05) is 56.8 Å². The number of hydrogen-bond donors (Lipinski definition) is 0. The van der Waals surface area contributed by atoms with Crippen molar-refractivity contribution in [2.24, 2.45) is 0 Å². The van der Waals surface area contributed by atoms with Gasteiger partial charge in [-0.05, 0) is 18.6 Å². The first kappa shape index (κ1) is 17.7. The van der Waals surface area contributed by atoms with Crippen LogP contribution in [-0.2, 0) is 14.3 Å². The summed E-state index contributed by atoms with van der Waals surface area (Å²) in [6.07, 6.45) is 1.09. The molecule has 130 valence electrons. The zero-order valence-electron chi connectivity index (χ0n) is 13.6. The predicted molar refractivity (Wildman–Crippen MR) is 87.8 cm³/mol. The second-order valence-electron chi connectivity index (χ2n) is 5.57. The molecule has 1 heterocycles. The molecule has 2 rings (SSSR count). The number of carbonyl (C=O) groups excluding carboxylic acids is 2. The molecule has 0 atom stereocenters. The molecule has 1 aromatic carbocycles. The van der Waals surface area contributed by atoms with Gasteiger partial charge in [0.15, 0.2) is 0 Å². The highest BCUT2D eigenvalue weighted by atomic mass is 16.6. The number of non-ortho nitro benzene ring substituents is 1. The number of esters is 1. The van der Waals surface area contributed by atoms with Crippen LogP contribution in [0.2, 0.25) is 0 Å². The van der Waals surface area contributed by atoms with Crippen molar-refractivity contribution in [1.29, 1.82) is 0 Å². The smallest absolute Gasteiger partial charge is 0.305 e. The van der Waals surface area contributed by atoms with Crippen LogP contribution in [0.15, 0.2) is 24.3 Å². The van der Waals surface area contributed by atoms with E-state index in [1.807, 2.05) is 0 Å². The van der Waals surface area contributed by atoms with Gasteiger partial charge >= 0.3 is 5.97 Å². The molecule has 0 unspecified atom stereocenters. The quantitative estimate of drug-likeness (QED) is 0.445. The Morgan fingerprint density at radius 3 is 2.29 bits per heavy atom. The van der Waals surface area contributed by atoms with Crippen molar-refractivity contribution in [1.82, 2.24) is 4.90 Å². The van der Waals surface area contributed by atoms with E-state index in [9.17, 15) is 19.7 Å². The summed E-state index contributed by atoms with van der Waals surface area (Å²) in [7, 11) is 1.33. The highest BCUT2D eigenvalue weighted by Gasteiger charge is 2.21. The molecule has 0 bridgehead atoms. The van der Waals surface area contributed by atoms with Crippen LogP contribution in [-0.4, -0.2) is 55.0 Å². The van der Waals surface area contributed by atoms with Gasteiger partial charge in [-0.25, -0.2) is 0 Å². The Labute approximate surface area is 140 Å². The number of anilines is 1. The van der Waals surface area contributed by atoms with Gasteiger partial charge in [-0.15, -0.1) is 0 Å². The number of hydrogen-bond acceptors (Lipinski definition) is 6. The molecule has 1 aliphatic heterocycles. The third kappa shape index (κ3) is 4.68. The van der Waals surface area contributed by atoms with E-state index in [-0.39, 0.29) is 24.0 Å². The lowest BCUT2D eigenvalue weighted by molar-refractivity contribution is -0.384. The first-order valence-electron chi connectivity index (χ1n) is 7.85. The monoisotopic (exact) mass is 335 g/mol. The van der Waals surface area contributed by atoms with Gasteiger partial charge in [0.05, 0.1) is 12.0 Å². The van der Waals surface area contributed by atoms with Crippen LogP contribution in [0.1, 0.15) is 19.3 Å². The number of nitrogens with zero attached hydrogens (tertiary/aromatic N) is 3. The van der Waals surface area contributed by atoms with Gasteiger partial charge in [0.25, 0.3) is 5.69 Å². The number of piperazine rings is 1. The molecule has 1 amide bonds. The number of carbonyl (C=O) groups is 2. The Balaban J connectivity index is 1.79. The molecule has 0 N–H and O–H groups in total. The average molecular weight is 335 g/mol. The SMILES string of the molecule is COC(=O)CCCC(=O)N1CCN(c2ccc([N+](=O)[O-])cc2)CC1. The van der Waals surface area contributed by atoms with Crippen LogP contribution in [0.5, 0.6) is 0 Å². The van der Waals surface area contributed by atoms with Crippen molar-refractivity contribution in [2.75, 3.05) is 38.2 Å². The number of nitro benzene ring substituents is 1. The van der Waals surface area contributed by atoms with Crippen molar-refractivity contribution in [3.8, 4) is 0 Å². The molecule has 1 aromatic rings. The Hall–Kier alpha value is -2.64. The van der Waals surface area contributed by atoms with Gasteiger partial charge in [-0.1, -0.05) is 0 Å². The summed E-state index contributed by atoms with van der Waals surface area (Å²) in [5, 5.41) is 10.7. The molecule has 0 aromatic heterocycles. The summed E-state index contributed by atoms with van der Waals surface area (Å²) in [6, 6.07) is 6.43. The van der Waals surface area contributed by atoms with Gasteiger partial charge in [0.1, 0.15) is 0 Å². The van der Waals surface area contributed by atoms with E-state index in [2.05, 4.69) is 9.64 Å². The maximum absolute atomic E-state index is 12.1. The minimum Gasteiger partial charge on any atom is -0.469 e. The van der Waals surface area contributed by atoms with E-state index in [1.165, 1.54) is 19.2 Å². The van der Waals surface area contributed by atoms with Crippen LogP contribution >= 0.6 is 0 Å². The minimum absolute atomic E-state index is 0.0438. The third-order valence-corrected chi connectivity index (χ3v) is 4.06. The lowest BCUT2D eigenvalue weighted by Gasteiger charge is -2.36. The molecule has 1 aliphatic rings. The minimum atomic E-state index is -0.422. The summed E-state index contributed by atoms with van der Waals surface area (Å²) >= 11 is 0. The average Bonchev–Trinajstić information content (AvgIpc) is 2.61. The van der Waals surface area contributed by atoms with E-state index >= 15 is 0 Å². The molecule has 0 spiro atoms. The first-order valence-corrected chi connectivity index (χ1v) is 7.85. The van der Waals surface area contributed by atoms with Crippen molar-refractivity contribution >= 4 is 23.3 Å². The molecule has 1 fully saturated rings. The number of benzene rings is 1. The molecule has 8 heteroatoms.